The van der Waals surface area contributed by atoms with Gasteiger partial charge in [0.2, 0.25) is 0 Å². The molecule has 110 valence electrons. The molecule has 2 aliphatic heterocycles. The minimum atomic E-state index is -0.118. The minimum Gasteiger partial charge on any atom is -0.392 e. The van der Waals surface area contributed by atoms with E-state index in [2.05, 4.69) is 47.2 Å². The number of benzene rings is 1. The average molecular weight is 292 g/mol. The summed E-state index contributed by atoms with van der Waals surface area (Å²) in [7, 11) is 0. The molecule has 0 amide bonds. The molecule has 2 aliphatic rings. The Morgan fingerprint density at radius 3 is 2.65 bits per heavy atom. The average Bonchev–Trinajstić information content (AvgIpc) is 2.79. The number of thioether (sulfide) groups is 1. The molecule has 0 aliphatic carbocycles. The van der Waals surface area contributed by atoms with Crippen LogP contribution in [0.1, 0.15) is 18.9 Å². The van der Waals surface area contributed by atoms with E-state index >= 15 is 0 Å². The topological polar surface area (TPSA) is 26.7 Å². The van der Waals surface area contributed by atoms with E-state index in [0.29, 0.717) is 12.1 Å². The van der Waals surface area contributed by atoms with Crippen molar-refractivity contribution >= 4 is 11.8 Å². The van der Waals surface area contributed by atoms with Crippen LogP contribution in [0.4, 0.5) is 0 Å². The second-order valence-corrected chi connectivity index (χ2v) is 7.00. The van der Waals surface area contributed by atoms with Crippen LogP contribution in [0.3, 0.4) is 0 Å². The molecule has 1 N–H and O–H groups in total. The van der Waals surface area contributed by atoms with Crippen LogP contribution < -0.4 is 0 Å². The molecule has 0 spiro atoms. The van der Waals surface area contributed by atoms with Crippen LogP contribution in [-0.4, -0.2) is 59.0 Å². The van der Waals surface area contributed by atoms with Crippen LogP contribution >= 0.6 is 11.8 Å². The van der Waals surface area contributed by atoms with Crippen LogP contribution in [0.15, 0.2) is 29.2 Å². The Balaban J connectivity index is 1.64. The molecule has 1 aromatic rings. The molecule has 0 radical (unpaired) electrons. The van der Waals surface area contributed by atoms with Crippen molar-refractivity contribution in [1.82, 2.24) is 9.80 Å². The fourth-order valence-corrected chi connectivity index (χ4v) is 3.87. The van der Waals surface area contributed by atoms with Gasteiger partial charge < -0.3 is 5.11 Å². The number of nitrogens with zero attached hydrogens (tertiary/aromatic N) is 2. The summed E-state index contributed by atoms with van der Waals surface area (Å²) in [6, 6.07) is 10.0. The van der Waals surface area contributed by atoms with E-state index < -0.39 is 0 Å². The van der Waals surface area contributed by atoms with Crippen molar-refractivity contribution in [3.63, 3.8) is 0 Å². The summed E-state index contributed by atoms with van der Waals surface area (Å²) >= 11 is 1.79. The molecule has 20 heavy (non-hydrogen) atoms. The van der Waals surface area contributed by atoms with Gasteiger partial charge in [0.05, 0.1) is 6.10 Å². The predicted molar refractivity (Wildman–Crippen MR) is 84.1 cm³/mol. The third-order valence-electron chi connectivity index (χ3n) is 4.62. The molecule has 2 heterocycles. The molecule has 3 atom stereocenters. The lowest BCUT2D eigenvalue weighted by Gasteiger charge is -2.42. The minimum absolute atomic E-state index is 0.118. The van der Waals surface area contributed by atoms with Gasteiger partial charge >= 0.3 is 0 Å². The highest BCUT2D eigenvalue weighted by Crippen LogP contribution is 2.26. The first kappa shape index (κ1) is 14.4. The summed E-state index contributed by atoms with van der Waals surface area (Å²) in [5.74, 6) is 0. The van der Waals surface area contributed by atoms with Crippen molar-refractivity contribution in [2.45, 2.75) is 43.0 Å². The Bertz CT molecular complexity index is 450. The number of fused-ring (bicyclic) bond motifs is 1. The van der Waals surface area contributed by atoms with E-state index in [9.17, 15) is 5.11 Å². The second-order valence-electron chi connectivity index (χ2n) is 6.12. The maximum absolute atomic E-state index is 9.82. The standard InChI is InChI=1S/C16H24N2OS/c1-12-8-18-11-15(19)7-14(18)10-17(12)9-13-3-5-16(20-2)6-4-13/h3-6,12,14-15,19H,7-11H2,1-2H3/t12-,14-,15+/m0/s1. The van der Waals surface area contributed by atoms with Crippen molar-refractivity contribution < 1.29 is 5.11 Å². The van der Waals surface area contributed by atoms with E-state index in [1.54, 1.807) is 11.8 Å². The van der Waals surface area contributed by atoms with Gasteiger partial charge in [-0.05, 0) is 37.3 Å². The lowest BCUT2D eigenvalue weighted by Crippen LogP contribution is -2.54. The SMILES string of the molecule is CSc1ccc(CN2C[C@@H]3C[C@@H](O)CN3C[C@@H]2C)cc1. The molecule has 3 rings (SSSR count). The fraction of sp³-hybridized carbons (Fsp3) is 0.625. The predicted octanol–water partition coefficient (Wildman–Crippen LogP) is 2.05. The van der Waals surface area contributed by atoms with Gasteiger partial charge in [0.25, 0.3) is 0 Å². The maximum Gasteiger partial charge on any atom is 0.0682 e. The molecule has 3 nitrogen and oxygen atoms in total. The summed E-state index contributed by atoms with van der Waals surface area (Å²) in [6.45, 7) is 6.37. The van der Waals surface area contributed by atoms with Gasteiger partial charge in [-0.2, -0.15) is 0 Å². The van der Waals surface area contributed by atoms with Crippen molar-refractivity contribution in [2.24, 2.45) is 0 Å². The van der Waals surface area contributed by atoms with Crippen molar-refractivity contribution in [2.75, 3.05) is 25.9 Å². The molecule has 2 fully saturated rings. The van der Waals surface area contributed by atoms with Crippen molar-refractivity contribution in [3.8, 4) is 0 Å². The highest BCUT2D eigenvalue weighted by molar-refractivity contribution is 7.98. The van der Waals surface area contributed by atoms with Crippen LogP contribution in [0.2, 0.25) is 0 Å². The molecule has 2 saturated heterocycles. The molecule has 1 aromatic carbocycles. The van der Waals surface area contributed by atoms with Crippen molar-refractivity contribution in [1.29, 1.82) is 0 Å². The van der Waals surface area contributed by atoms with E-state index in [1.807, 2.05) is 0 Å². The molecule has 0 saturated carbocycles. The fourth-order valence-electron chi connectivity index (χ4n) is 3.46. The summed E-state index contributed by atoms with van der Waals surface area (Å²) < 4.78 is 0. The molecule has 0 bridgehead atoms. The Kier molecular flexibility index (Phi) is 4.36. The number of hydrogen-bond donors (Lipinski definition) is 1. The van der Waals surface area contributed by atoms with Gasteiger partial charge in [-0.1, -0.05) is 12.1 Å². The highest BCUT2D eigenvalue weighted by atomic mass is 32.2. The van der Waals surface area contributed by atoms with Gasteiger partial charge in [0.15, 0.2) is 0 Å². The summed E-state index contributed by atoms with van der Waals surface area (Å²) in [5, 5.41) is 9.82. The van der Waals surface area contributed by atoms with Gasteiger partial charge in [0.1, 0.15) is 0 Å². The quantitative estimate of drug-likeness (QED) is 0.863. The zero-order valence-corrected chi connectivity index (χ0v) is 13.1. The summed E-state index contributed by atoms with van der Waals surface area (Å²) in [5.41, 5.74) is 1.39. The Hall–Kier alpha value is -0.550. The molecule has 0 unspecified atom stereocenters. The maximum atomic E-state index is 9.82. The van der Waals surface area contributed by atoms with Gasteiger partial charge in [-0.3, -0.25) is 9.80 Å². The zero-order valence-electron chi connectivity index (χ0n) is 12.3. The molecular formula is C16H24N2OS. The smallest absolute Gasteiger partial charge is 0.0682 e. The van der Waals surface area contributed by atoms with E-state index in [4.69, 9.17) is 0 Å². The Morgan fingerprint density at radius 2 is 1.95 bits per heavy atom. The Labute approximate surface area is 126 Å². The van der Waals surface area contributed by atoms with Gasteiger partial charge in [-0.25, -0.2) is 0 Å². The lowest BCUT2D eigenvalue weighted by molar-refractivity contribution is 0.0528. The monoisotopic (exact) mass is 292 g/mol. The highest BCUT2D eigenvalue weighted by Gasteiger charge is 2.37. The molecular weight excluding hydrogens is 268 g/mol. The van der Waals surface area contributed by atoms with Gasteiger partial charge in [0, 0.05) is 43.2 Å². The van der Waals surface area contributed by atoms with E-state index in [-0.39, 0.29) is 6.10 Å². The third kappa shape index (κ3) is 3.03. The van der Waals surface area contributed by atoms with Crippen LogP contribution in [0.25, 0.3) is 0 Å². The number of aliphatic hydroxyl groups excluding tert-OH is 1. The third-order valence-corrected chi connectivity index (χ3v) is 5.36. The van der Waals surface area contributed by atoms with Gasteiger partial charge in [-0.15, -0.1) is 11.8 Å². The summed E-state index contributed by atoms with van der Waals surface area (Å²) in [6.07, 6.45) is 2.93. The first-order valence-electron chi connectivity index (χ1n) is 7.45. The van der Waals surface area contributed by atoms with Crippen LogP contribution in [0, 0.1) is 0 Å². The van der Waals surface area contributed by atoms with Crippen LogP contribution in [-0.2, 0) is 6.54 Å². The first-order valence-corrected chi connectivity index (χ1v) is 8.67. The van der Waals surface area contributed by atoms with Crippen molar-refractivity contribution in [3.05, 3.63) is 29.8 Å². The molecule has 0 aromatic heterocycles. The van der Waals surface area contributed by atoms with Crippen LogP contribution in [0.5, 0.6) is 0 Å². The normalized spacial score (nSPS) is 31.4. The number of aliphatic hydroxyl groups is 1. The second kappa shape index (κ2) is 6.06. The number of hydrogen-bond acceptors (Lipinski definition) is 4. The van der Waals surface area contributed by atoms with E-state index in [0.717, 1.165) is 32.6 Å². The van der Waals surface area contributed by atoms with E-state index in [1.165, 1.54) is 10.5 Å². The molecule has 4 heteroatoms. The largest absolute Gasteiger partial charge is 0.392 e. The number of rotatable bonds is 3. The Morgan fingerprint density at radius 1 is 1.20 bits per heavy atom. The lowest BCUT2D eigenvalue weighted by atomic mass is 10.1. The number of piperazine rings is 1. The first-order chi connectivity index (χ1) is 9.65. The zero-order chi connectivity index (χ0) is 14.1. The summed E-state index contributed by atoms with van der Waals surface area (Å²) in [4.78, 5) is 6.35.